The number of aromatic carboxylic acids is 1. The van der Waals surface area contributed by atoms with Gasteiger partial charge >= 0.3 is 5.97 Å². The molecule has 0 heterocycles. The van der Waals surface area contributed by atoms with Gasteiger partial charge in [-0.2, -0.15) is 0 Å². The fourth-order valence-corrected chi connectivity index (χ4v) is 1.41. The molecule has 0 aliphatic carbocycles. The molecule has 0 fully saturated rings. The third-order valence-corrected chi connectivity index (χ3v) is 2.24. The Balaban J connectivity index is 3.47. The number of carboxylic acids is 1. The van der Waals surface area contributed by atoms with E-state index in [4.69, 9.17) is 15.6 Å². The van der Waals surface area contributed by atoms with Crippen LogP contribution in [0, 0.1) is 0 Å². The van der Waals surface area contributed by atoms with Crippen LogP contribution in [0.5, 0.6) is 11.5 Å². The molecule has 0 spiro atoms. The van der Waals surface area contributed by atoms with E-state index in [0.717, 1.165) is 0 Å². The molecule has 0 bridgehead atoms. The zero-order chi connectivity index (χ0) is 12.5. The summed E-state index contributed by atoms with van der Waals surface area (Å²) in [6.07, 6.45) is 0. The lowest BCUT2D eigenvalue weighted by Crippen LogP contribution is -2.29. The van der Waals surface area contributed by atoms with Crippen molar-refractivity contribution < 1.29 is 19.7 Å². The molecule has 0 atom stereocenters. The highest BCUT2D eigenvalue weighted by molar-refractivity contribution is 5.91. The minimum absolute atomic E-state index is 0.186. The van der Waals surface area contributed by atoms with Crippen LogP contribution in [0.1, 0.15) is 29.8 Å². The lowest BCUT2D eigenvalue weighted by atomic mass is 9.92. The summed E-state index contributed by atoms with van der Waals surface area (Å²) >= 11 is 0. The van der Waals surface area contributed by atoms with E-state index in [9.17, 15) is 9.90 Å². The molecule has 5 nitrogen and oxygen atoms in total. The summed E-state index contributed by atoms with van der Waals surface area (Å²) in [6.45, 7) is 3.46. The average molecular weight is 225 g/mol. The maximum Gasteiger partial charge on any atom is 0.339 e. The van der Waals surface area contributed by atoms with Crippen LogP contribution in [0.25, 0.3) is 0 Å². The smallest absolute Gasteiger partial charge is 0.339 e. The molecule has 1 aromatic rings. The van der Waals surface area contributed by atoms with Crippen LogP contribution in [0.15, 0.2) is 12.1 Å². The van der Waals surface area contributed by atoms with Gasteiger partial charge in [0.05, 0.1) is 7.11 Å². The molecule has 0 radical (unpaired) electrons. The standard InChI is InChI=1S/C11H15NO4/c1-11(2,12)7-4-6(10(14)15)8(13)5-9(7)16-3/h4-5,13H,12H2,1-3H3,(H,14,15). The Kier molecular flexibility index (Phi) is 3.09. The van der Waals surface area contributed by atoms with Gasteiger partial charge in [-0.3, -0.25) is 0 Å². The van der Waals surface area contributed by atoms with Crippen molar-refractivity contribution in [3.05, 3.63) is 23.3 Å². The van der Waals surface area contributed by atoms with E-state index in [-0.39, 0.29) is 11.3 Å². The second-order valence-electron chi connectivity index (χ2n) is 4.10. The minimum Gasteiger partial charge on any atom is -0.507 e. The Morgan fingerprint density at radius 3 is 2.38 bits per heavy atom. The second kappa shape index (κ2) is 4.02. The molecule has 0 saturated heterocycles. The van der Waals surface area contributed by atoms with Crippen molar-refractivity contribution in [1.82, 2.24) is 0 Å². The highest BCUT2D eigenvalue weighted by atomic mass is 16.5. The fraction of sp³-hybridized carbons (Fsp3) is 0.364. The molecule has 0 aliphatic heterocycles. The normalized spacial score (nSPS) is 11.2. The van der Waals surface area contributed by atoms with Gasteiger partial charge in [0.1, 0.15) is 17.1 Å². The van der Waals surface area contributed by atoms with E-state index in [1.807, 2.05) is 0 Å². The number of carboxylic acid groups (broad SMARTS) is 1. The molecule has 4 N–H and O–H groups in total. The molecule has 16 heavy (non-hydrogen) atoms. The highest BCUT2D eigenvalue weighted by Gasteiger charge is 2.23. The first-order valence-corrected chi connectivity index (χ1v) is 4.71. The monoisotopic (exact) mass is 225 g/mol. The first-order valence-electron chi connectivity index (χ1n) is 4.71. The molecule has 1 rings (SSSR count). The molecule has 0 unspecified atom stereocenters. The van der Waals surface area contributed by atoms with E-state index < -0.39 is 11.5 Å². The average Bonchev–Trinajstić information content (AvgIpc) is 2.14. The van der Waals surface area contributed by atoms with Crippen LogP contribution in [0.4, 0.5) is 0 Å². The van der Waals surface area contributed by atoms with Gasteiger partial charge in [0.25, 0.3) is 0 Å². The predicted molar refractivity (Wildman–Crippen MR) is 58.8 cm³/mol. The molecule has 0 aliphatic rings. The molecule has 88 valence electrons. The lowest BCUT2D eigenvalue weighted by molar-refractivity contribution is 0.0693. The summed E-state index contributed by atoms with van der Waals surface area (Å²) in [5.41, 5.74) is 5.50. The van der Waals surface area contributed by atoms with Crippen molar-refractivity contribution in [3.63, 3.8) is 0 Å². The lowest BCUT2D eigenvalue weighted by Gasteiger charge is -2.22. The van der Waals surface area contributed by atoms with Crippen molar-refractivity contribution in [3.8, 4) is 11.5 Å². The highest BCUT2D eigenvalue weighted by Crippen LogP contribution is 2.33. The number of rotatable bonds is 3. The zero-order valence-corrected chi connectivity index (χ0v) is 9.44. The predicted octanol–water partition coefficient (Wildman–Crippen LogP) is 1.29. The fourth-order valence-electron chi connectivity index (χ4n) is 1.41. The Bertz CT molecular complexity index is 421. The number of methoxy groups -OCH3 is 1. The number of benzene rings is 1. The summed E-state index contributed by atoms with van der Waals surface area (Å²) in [6, 6.07) is 2.59. The second-order valence-corrected chi connectivity index (χ2v) is 4.10. The maximum atomic E-state index is 10.9. The summed E-state index contributed by atoms with van der Waals surface area (Å²) in [5, 5.41) is 18.4. The van der Waals surface area contributed by atoms with Gasteiger partial charge in [-0.15, -0.1) is 0 Å². The van der Waals surface area contributed by atoms with Crippen LogP contribution < -0.4 is 10.5 Å². The zero-order valence-electron chi connectivity index (χ0n) is 9.44. The van der Waals surface area contributed by atoms with Crippen molar-refractivity contribution in [1.29, 1.82) is 0 Å². The number of ether oxygens (including phenoxy) is 1. The Labute approximate surface area is 93.5 Å². The molecule has 5 heteroatoms. The number of hydrogen-bond acceptors (Lipinski definition) is 4. The van der Waals surface area contributed by atoms with E-state index >= 15 is 0 Å². The van der Waals surface area contributed by atoms with E-state index in [1.54, 1.807) is 13.8 Å². The van der Waals surface area contributed by atoms with Crippen LogP contribution in [0.3, 0.4) is 0 Å². The van der Waals surface area contributed by atoms with Crippen molar-refractivity contribution in [2.24, 2.45) is 5.73 Å². The first-order chi connectivity index (χ1) is 7.27. The van der Waals surface area contributed by atoms with E-state index in [2.05, 4.69) is 0 Å². The maximum absolute atomic E-state index is 10.9. The van der Waals surface area contributed by atoms with Gasteiger partial charge in [-0.1, -0.05) is 0 Å². The third kappa shape index (κ3) is 2.25. The summed E-state index contributed by atoms with van der Waals surface area (Å²) in [5.74, 6) is -1.17. The summed E-state index contributed by atoms with van der Waals surface area (Å²) in [7, 11) is 1.43. The van der Waals surface area contributed by atoms with Crippen LogP contribution in [-0.4, -0.2) is 23.3 Å². The SMILES string of the molecule is COc1cc(O)c(C(=O)O)cc1C(C)(C)N. The Morgan fingerprint density at radius 2 is 2.00 bits per heavy atom. The van der Waals surface area contributed by atoms with Gasteiger partial charge in [0.15, 0.2) is 0 Å². The minimum atomic E-state index is -1.20. The van der Waals surface area contributed by atoms with Crippen LogP contribution >= 0.6 is 0 Å². The molecule has 0 saturated carbocycles. The Morgan fingerprint density at radius 1 is 1.44 bits per heavy atom. The molecule has 0 aromatic heterocycles. The van der Waals surface area contributed by atoms with E-state index in [0.29, 0.717) is 11.3 Å². The largest absolute Gasteiger partial charge is 0.507 e. The topological polar surface area (TPSA) is 92.8 Å². The van der Waals surface area contributed by atoms with Crippen molar-refractivity contribution >= 4 is 5.97 Å². The van der Waals surface area contributed by atoms with Gasteiger partial charge in [-0.25, -0.2) is 4.79 Å². The van der Waals surface area contributed by atoms with Gasteiger partial charge < -0.3 is 20.7 Å². The number of aromatic hydroxyl groups is 1. The molecule has 1 aromatic carbocycles. The summed E-state index contributed by atoms with van der Waals surface area (Å²) < 4.78 is 5.05. The number of nitrogens with two attached hydrogens (primary N) is 1. The van der Waals surface area contributed by atoms with E-state index in [1.165, 1.54) is 19.2 Å². The van der Waals surface area contributed by atoms with Gasteiger partial charge in [0.2, 0.25) is 0 Å². The number of phenols is 1. The quantitative estimate of drug-likeness (QED) is 0.720. The number of hydrogen-bond donors (Lipinski definition) is 3. The Hall–Kier alpha value is -1.75. The van der Waals surface area contributed by atoms with Crippen molar-refractivity contribution in [2.45, 2.75) is 19.4 Å². The third-order valence-electron chi connectivity index (χ3n) is 2.24. The van der Waals surface area contributed by atoms with Gasteiger partial charge in [0, 0.05) is 17.2 Å². The molecule has 0 amide bonds. The molecular formula is C11H15NO4. The van der Waals surface area contributed by atoms with Crippen LogP contribution in [0.2, 0.25) is 0 Å². The first kappa shape index (κ1) is 12.3. The molecular weight excluding hydrogens is 210 g/mol. The number of carbonyl (C=O) groups is 1. The van der Waals surface area contributed by atoms with Gasteiger partial charge in [-0.05, 0) is 19.9 Å². The summed E-state index contributed by atoms with van der Waals surface area (Å²) in [4.78, 5) is 10.9. The van der Waals surface area contributed by atoms with Crippen molar-refractivity contribution in [2.75, 3.05) is 7.11 Å². The van der Waals surface area contributed by atoms with Crippen LogP contribution in [-0.2, 0) is 5.54 Å².